The van der Waals surface area contributed by atoms with E-state index < -0.39 is 12.7 Å². The van der Waals surface area contributed by atoms with Crippen molar-refractivity contribution < 1.29 is 27.1 Å². The van der Waals surface area contributed by atoms with Gasteiger partial charge in [-0.1, -0.05) is 32.3 Å². The number of hydrogen-bond donors (Lipinski definition) is 2. The third-order valence-corrected chi connectivity index (χ3v) is 6.60. The molecular weight excluding hydrogens is 487 g/mol. The summed E-state index contributed by atoms with van der Waals surface area (Å²) in [7, 11) is 1.40. The molecule has 2 N–H and O–H groups in total. The molecule has 1 aliphatic carbocycles. The van der Waals surface area contributed by atoms with E-state index in [0.717, 1.165) is 35.8 Å². The number of methoxy groups -OCH3 is 1. The number of nitrogens with zero attached hydrogens (tertiary/aromatic N) is 3. The molecule has 0 spiro atoms. The van der Waals surface area contributed by atoms with Crippen LogP contribution in [0.5, 0.6) is 0 Å². The maximum Gasteiger partial charge on any atom is 0.405 e. The summed E-state index contributed by atoms with van der Waals surface area (Å²) >= 11 is 0. The van der Waals surface area contributed by atoms with Gasteiger partial charge in [-0.25, -0.2) is 4.98 Å². The van der Waals surface area contributed by atoms with Crippen molar-refractivity contribution in [2.75, 3.05) is 24.3 Å². The highest BCUT2D eigenvalue weighted by Gasteiger charge is 2.30. The van der Waals surface area contributed by atoms with Crippen molar-refractivity contribution in [1.82, 2.24) is 15.2 Å². The van der Waals surface area contributed by atoms with Crippen LogP contribution < -0.4 is 10.6 Å². The number of benzene rings is 1. The van der Waals surface area contributed by atoms with E-state index in [2.05, 4.69) is 20.8 Å². The Balaban J connectivity index is 1.63. The number of alkyl halides is 3. The van der Waals surface area contributed by atoms with Gasteiger partial charge in [0.15, 0.2) is 0 Å². The number of esters is 1. The van der Waals surface area contributed by atoms with Crippen LogP contribution in [0.3, 0.4) is 0 Å². The van der Waals surface area contributed by atoms with Gasteiger partial charge in [0.1, 0.15) is 12.2 Å². The largest absolute Gasteiger partial charge is 0.469 e. The lowest BCUT2D eigenvalue weighted by molar-refractivity contribution is -0.146. The van der Waals surface area contributed by atoms with Gasteiger partial charge in [-0.15, -0.1) is 5.10 Å². The lowest BCUT2D eigenvalue weighted by Gasteiger charge is -2.27. The molecule has 4 rings (SSSR count). The molecule has 200 valence electrons. The van der Waals surface area contributed by atoms with E-state index in [0.29, 0.717) is 23.3 Å². The number of carbonyl (C=O) groups excluding carboxylic acids is 1. The van der Waals surface area contributed by atoms with Crippen molar-refractivity contribution in [1.29, 1.82) is 0 Å². The molecule has 3 aromatic rings. The van der Waals surface area contributed by atoms with Crippen molar-refractivity contribution in [3.05, 3.63) is 29.3 Å². The zero-order valence-electron chi connectivity index (χ0n) is 21.6. The molecule has 0 unspecified atom stereocenters. The Morgan fingerprint density at radius 3 is 2.59 bits per heavy atom. The topological polar surface area (TPSA) is 102 Å². The smallest absolute Gasteiger partial charge is 0.405 e. The van der Waals surface area contributed by atoms with Gasteiger partial charge in [0.25, 0.3) is 5.89 Å². The minimum Gasteiger partial charge on any atom is -0.469 e. The molecule has 0 radical (unpaired) electrons. The van der Waals surface area contributed by atoms with Crippen LogP contribution in [0.1, 0.15) is 57.6 Å². The third kappa shape index (κ3) is 6.31. The van der Waals surface area contributed by atoms with E-state index in [4.69, 9.17) is 14.1 Å². The molecule has 2 heterocycles. The highest BCUT2D eigenvalue weighted by molar-refractivity contribution is 5.90. The van der Waals surface area contributed by atoms with Crippen molar-refractivity contribution in [2.45, 2.75) is 71.0 Å². The molecule has 11 heteroatoms. The summed E-state index contributed by atoms with van der Waals surface area (Å²) in [5.41, 5.74) is 2.76. The number of carbonyl (C=O) groups is 1. The minimum absolute atomic E-state index is 0.00700. The number of aromatic nitrogens is 3. The first-order chi connectivity index (χ1) is 17.3. The van der Waals surface area contributed by atoms with Crippen LogP contribution in [-0.2, 0) is 14.9 Å². The minimum atomic E-state index is -4.32. The number of hydrogen-bond acceptors (Lipinski definition) is 8. The summed E-state index contributed by atoms with van der Waals surface area (Å²) < 4.78 is 49.2. The Kier molecular flexibility index (Phi) is 7.34. The molecule has 37 heavy (non-hydrogen) atoms. The number of anilines is 2. The Hall–Kier alpha value is -3.37. The molecule has 2 atom stereocenters. The highest BCUT2D eigenvalue weighted by Crippen LogP contribution is 2.36. The maximum atomic E-state index is 12.8. The molecule has 0 amide bonds. The Bertz CT molecular complexity index is 1280. The monoisotopic (exact) mass is 519 g/mol. The number of ether oxygens (including phenoxy) is 1. The highest BCUT2D eigenvalue weighted by atomic mass is 19.4. The molecule has 1 saturated carbocycles. The van der Waals surface area contributed by atoms with E-state index in [1.165, 1.54) is 7.11 Å². The van der Waals surface area contributed by atoms with E-state index in [1.807, 2.05) is 27.7 Å². The van der Waals surface area contributed by atoms with E-state index in [-0.39, 0.29) is 35.2 Å². The number of aryl methyl sites for hydroxylation is 1. The number of nitrogens with one attached hydrogen (secondary N) is 2. The second-order valence-corrected chi connectivity index (χ2v) is 10.6. The predicted molar refractivity (Wildman–Crippen MR) is 134 cm³/mol. The summed E-state index contributed by atoms with van der Waals surface area (Å²) in [6.07, 6.45) is -1.14. The molecule has 1 aliphatic rings. The second kappa shape index (κ2) is 10.2. The van der Waals surface area contributed by atoms with Gasteiger partial charge in [-0.3, -0.25) is 4.79 Å². The van der Waals surface area contributed by atoms with E-state index >= 15 is 0 Å². The second-order valence-electron chi connectivity index (χ2n) is 10.6. The van der Waals surface area contributed by atoms with Crippen LogP contribution in [0.25, 0.3) is 22.5 Å². The fourth-order valence-electron chi connectivity index (χ4n) is 4.74. The van der Waals surface area contributed by atoms with Crippen LogP contribution >= 0.6 is 0 Å². The maximum absolute atomic E-state index is 12.8. The zero-order valence-corrected chi connectivity index (χ0v) is 21.6. The zero-order chi connectivity index (χ0) is 27.0. The number of rotatable bonds is 6. The van der Waals surface area contributed by atoms with Crippen molar-refractivity contribution in [3.63, 3.8) is 0 Å². The lowest BCUT2D eigenvalue weighted by atomic mass is 9.84. The van der Waals surface area contributed by atoms with E-state index in [9.17, 15) is 18.0 Å². The van der Waals surface area contributed by atoms with Crippen LogP contribution in [-0.4, -0.2) is 47.0 Å². The fourth-order valence-corrected chi connectivity index (χ4v) is 4.74. The normalized spacial score (nSPS) is 18.6. The van der Waals surface area contributed by atoms with Gasteiger partial charge in [0.05, 0.1) is 18.5 Å². The molecule has 0 aliphatic heterocycles. The van der Waals surface area contributed by atoms with Gasteiger partial charge < -0.3 is 19.8 Å². The number of fused-ring (bicyclic) bond motifs is 1. The fraction of sp³-hybridized carbons (Fsp3) is 0.538. The average molecular weight is 520 g/mol. The van der Waals surface area contributed by atoms with Gasteiger partial charge in [-0.2, -0.15) is 13.2 Å². The molecule has 1 fully saturated rings. The summed E-state index contributed by atoms with van der Waals surface area (Å²) in [6.45, 7) is 6.71. The van der Waals surface area contributed by atoms with Crippen LogP contribution in [0.15, 0.2) is 22.6 Å². The number of pyridine rings is 1. The number of halogens is 3. The SMILES string of the molecule is COC(=O)[C@@H]1CCC[C@H](Nc2nnc(-c3cc(C)c4cc(NCC(F)(F)F)cc(C(C)(C)C)c4n3)o2)C1. The van der Waals surface area contributed by atoms with Crippen molar-refractivity contribution in [2.24, 2.45) is 5.92 Å². The summed E-state index contributed by atoms with van der Waals surface area (Å²) in [6, 6.07) is 5.43. The van der Waals surface area contributed by atoms with Crippen LogP contribution in [0.2, 0.25) is 0 Å². The first kappa shape index (κ1) is 26.7. The molecule has 2 aromatic heterocycles. The van der Waals surface area contributed by atoms with Crippen molar-refractivity contribution >= 4 is 28.6 Å². The Morgan fingerprint density at radius 1 is 1.16 bits per heavy atom. The van der Waals surface area contributed by atoms with Crippen LogP contribution in [0.4, 0.5) is 24.9 Å². The van der Waals surface area contributed by atoms with Gasteiger partial charge >= 0.3 is 18.2 Å². The Labute approximate surface area is 213 Å². The lowest BCUT2D eigenvalue weighted by Crippen LogP contribution is -2.31. The van der Waals surface area contributed by atoms with Crippen molar-refractivity contribution in [3.8, 4) is 11.6 Å². The molecule has 8 nitrogen and oxygen atoms in total. The molecule has 1 aromatic carbocycles. The van der Waals surface area contributed by atoms with Gasteiger partial charge in [0.2, 0.25) is 0 Å². The first-order valence-electron chi connectivity index (χ1n) is 12.3. The van der Waals surface area contributed by atoms with Crippen LogP contribution in [0, 0.1) is 12.8 Å². The Morgan fingerprint density at radius 2 is 1.92 bits per heavy atom. The third-order valence-electron chi connectivity index (χ3n) is 6.60. The average Bonchev–Trinajstić information content (AvgIpc) is 3.29. The van der Waals surface area contributed by atoms with E-state index in [1.54, 1.807) is 18.2 Å². The molecule has 0 saturated heterocycles. The quantitative estimate of drug-likeness (QED) is 0.382. The van der Waals surface area contributed by atoms with Gasteiger partial charge in [0, 0.05) is 17.1 Å². The summed E-state index contributed by atoms with van der Waals surface area (Å²) in [4.78, 5) is 16.7. The summed E-state index contributed by atoms with van der Waals surface area (Å²) in [5.74, 6) is -0.137. The summed E-state index contributed by atoms with van der Waals surface area (Å²) in [5, 5.41) is 14.7. The standard InChI is InChI=1S/C26H32F3N5O3/c1-14-9-20(22-33-34-24(37-22)31-16-8-6-7-15(10-16)23(35)36-5)32-21-18(14)11-17(30-13-26(27,28)29)12-19(21)25(2,3)4/h9,11-12,15-16,30H,6-8,10,13H2,1-5H3,(H,31,34)/t15-,16+/m1/s1. The first-order valence-corrected chi connectivity index (χ1v) is 12.3. The predicted octanol–water partition coefficient (Wildman–Crippen LogP) is 6.01. The van der Waals surface area contributed by atoms with Gasteiger partial charge in [-0.05, 0) is 60.9 Å². The molecular formula is C26H32F3N5O3. The molecule has 0 bridgehead atoms.